The van der Waals surface area contributed by atoms with Crippen molar-refractivity contribution in [3.8, 4) is 0 Å². The number of rotatable bonds is 4. The average Bonchev–Trinajstić information content (AvgIpc) is 2.37. The van der Waals surface area contributed by atoms with Gasteiger partial charge in [-0.15, -0.1) is 0 Å². The molecular formula is C13H14BrF3N2O2. The fraction of sp³-hybridized carbons (Fsp3) is 0.385. The summed E-state index contributed by atoms with van der Waals surface area (Å²) in [6.45, 7) is 3.57. The quantitative estimate of drug-likeness (QED) is 0.860. The molecule has 0 saturated heterocycles. The van der Waals surface area contributed by atoms with Crippen molar-refractivity contribution in [2.45, 2.75) is 26.1 Å². The van der Waals surface area contributed by atoms with E-state index in [9.17, 15) is 22.8 Å². The van der Waals surface area contributed by atoms with Crippen molar-refractivity contribution in [1.29, 1.82) is 0 Å². The molecule has 116 valence electrons. The molecule has 0 heterocycles. The van der Waals surface area contributed by atoms with E-state index in [2.05, 4.69) is 26.6 Å². The van der Waals surface area contributed by atoms with E-state index >= 15 is 0 Å². The number of likely N-dealkylation sites (N-methyl/N-ethyl adjacent to an activating group) is 1. The number of nitrogens with one attached hydrogen (secondary N) is 2. The predicted octanol–water partition coefficient (Wildman–Crippen LogP) is 2.72. The van der Waals surface area contributed by atoms with Gasteiger partial charge in [0.2, 0.25) is 5.91 Å². The third kappa shape index (κ3) is 4.73. The van der Waals surface area contributed by atoms with E-state index in [1.807, 2.05) is 0 Å². The molecule has 1 atom stereocenters. The Kier molecular flexibility index (Phi) is 5.77. The number of hydrogen-bond acceptors (Lipinski definition) is 2. The van der Waals surface area contributed by atoms with Crippen LogP contribution in [0.3, 0.4) is 0 Å². The SMILES string of the molecule is CCNC(=O)C(C)NC(=O)c1ccc(Br)c(C(F)(F)F)c1. The smallest absolute Gasteiger partial charge is 0.355 e. The van der Waals surface area contributed by atoms with Crippen molar-refractivity contribution in [3.63, 3.8) is 0 Å². The molecule has 1 rings (SSSR count). The van der Waals surface area contributed by atoms with E-state index in [1.54, 1.807) is 6.92 Å². The van der Waals surface area contributed by atoms with Crippen LogP contribution in [0.5, 0.6) is 0 Å². The zero-order valence-corrected chi connectivity index (χ0v) is 12.9. The summed E-state index contributed by atoms with van der Waals surface area (Å²) in [5, 5.41) is 4.85. The Morgan fingerprint density at radius 3 is 2.48 bits per heavy atom. The third-order valence-corrected chi connectivity index (χ3v) is 3.32. The molecule has 0 aliphatic heterocycles. The van der Waals surface area contributed by atoms with E-state index < -0.39 is 29.6 Å². The van der Waals surface area contributed by atoms with Crippen LogP contribution in [-0.2, 0) is 11.0 Å². The van der Waals surface area contributed by atoms with E-state index in [-0.39, 0.29) is 10.0 Å². The lowest BCUT2D eigenvalue weighted by Crippen LogP contribution is -2.44. The minimum atomic E-state index is -4.57. The van der Waals surface area contributed by atoms with Gasteiger partial charge in [-0.25, -0.2) is 0 Å². The Morgan fingerprint density at radius 2 is 1.95 bits per heavy atom. The zero-order chi connectivity index (χ0) is 16.2. The molecule has 0 spiro atoms. The van der Waals surface area contributed by atoms with Crippen molar-refractivity contribution in [3.05, 3.63) is 33.8 Å². The summed E-state index contributed by atoms with van der Waals surface area (Å²) < 4.78 is 38.1. The molecule has 0 bridgehead atoms. The second-order valence-corrected chi connectivity index (χ2v) is 5.14. The summed E-state index contributed by atoms with van der Waals surface area (Å²) in [5.41, 5.74) is -1.11. The van der Waals surface area contributed by atoms with E-state index in [0.29, 0.717) is 6.54 Å². The van der Waals surface area contributed by atoms with Crippen LogP contribution in [0.15, 0.2) is 22.7 Å². The lowest BCUT2D eigenvalue weighted by Gasteiger charge is -2.15. The topological polar surface area (TPSA) is 58.2 Å². The van der Waals surface area contributed by atoms with Crippen LogP contribution in [0, 0.1) is 0 Å². The van der Waals surface area contributed by atoms with Gasteiger partial charge in [-0.05, 0) is 32.0 Å². The monoisotopic (exact) mass is 366 g/mol. The molecule has 0 aliphatic rings. The first kappa shape index (κ1) is 17.5. The summed E-state index contributed by atoms with van der Waals surface area (Å²) >= 11 is 2.79. The van der Waals surface area contributed by atoms with Gasteiger partial charge in [0, 0.05) is 16.6 Å². The van der Waals surface area contributed by atoms with E-state index in [4.69, 9.17) is 0 Å². The highest BCUT2D eigenvalue weighted by Gasteiger charge is 2.33. The van der Waals surface area contributed by atoms with Gasteiger partial charge in [0.25, 0.3) is 5.91 Å². The van der Waals surface area contributed by atoms with Gasteiger partial charge in [-0.2, -0.15) is 13.2 Å². The summed E-state index contributed by atoms with van der Waals surface area (Å²) in [4.78, 5) is 23.4. The van der Waals surface area contributed by atoms with Gasteiger partial charge in [0.1, 0.15) is 6.04 Å². The largest absolute Gasteiger partial charge is 0.417 e. The van der Waals surface area contributed by atoms with Gasteiger partial charge in [0.15, 0.2) is 0 Å². The predicted molar refractivity (Wildman–Crippen MR) is 74.8 cm³/mol. The third-order valence-electron chi connectivity index (χ3n) is 2.63. The number of carbonyl (C=O) groups excluding carboxylic acids is 2. The van der Waals surface area contributed by atoms with Gasteiger partial charge in [-0.1, -0.05) is 15.9 Å². The minimum Gasteiger partial charge on any atom is -0.355 e. The summed E-state index contributed by atoms with van der Waals surface area (Å²) in [6.07, 6.45) is -4.57. The molecule has 1 unspecified atom stereocenters. The summed E-state index contributed by atoms with van der Waals surface area (Å²) in [6, 6.07) is 2.30. The van der Waals surface area contributed by atoms with Gasteiger partial charge < -0.3 is 10.6 Å². The van der Waals surface area contributed by atoms with Crippen LogP contribution >= 0.6 is 15.9 Å². The first-order valence-corrected chi connectivity index (χ1v) is 6.91. The van der Waals surface area contributed by atoms with Gasteiger partial charge in [-0.3, -0.25) is 9.59 Å². The Hall–Kier alpha value is -1.57. The molecule has 2 N–H and O–H groups in total. The van der Waals surface area contributed by atoms with Crippen LogP contribution in [0.1, 0.15) is 29.8 Å². The highest BCUT2D eigenvalue weighted by Crippen LogP contribution is 2.35. The molecule has 0 radical (unpaired) electrons. The Morgan fingerprint density at radius 1 is 1.33 bits per heavy atom. The fourth-order valence-corrected chi connectivity index (χ4v) is 2.03. The van der Waals surface area contributed by atoms with Crippen LogP contribution in [-0.4, -0.2) is 24.4 Å². The highest BCUT2D eigenvalue weighted by molar-refractivity contribution is 9.10. The van der Waals surface area contributed by atoms with Crippen molar-refractivity contribution >= 4 is 27.7 Å². The first-order chi connectivity index (χ1) is 9.66. The summed E-state index contributed by atoms with van der Waals surface area (Å²) in [5.74, 6) is -1.15. The molecule has 0 fully saturated rings. The van der Waals surface area contributed by atoms with Crippen LogP contribution in [0.4, 0.5) is 13.2 Å². The maximum absolute atomic E-state index is 12.8. The molecule has 0 aromatic heterocycles. The van der Waals surface area contributed by atoms with Crippen molar-refractivity contribution < 1.29 is 22.8 Å². The van der Waals surface area contributed by atoms with Crippen LogP contribution < -0.4 is 10.6 Å². The molecule has 1 aromatic carbocycles. The number of carbonyl (C=O) groups is 2. The van der Waals surface area contributed by atoms with Crippen LogP contribution in [0.25, 0.3) is 0 Å². The maximum atomic E-state index is 12.8. The zero-order valence-electron chi connectivity index (χ0n) is 11.3. The van der Waals surface area contributed by atoms with Crippen molar-refractivity contribution in [1.82, 2.24) is 10.6 Å². The Labute approximate surface area is 128 Å². The summed E-state index contributed by atoms with van der Waals surface area (Å²) in [7, 11) is 0. The number of halogens is 4. The molecular weight excluding hydrogens is 353 g/mol. The molecule has 0 aliphatic carbocycles. The highest BCUT2D eigenvalue weighted by atomic mass is 79.9. The van der Waals surface area contributed by atoms with E-state index in [1.165, 1.54) is 13.0 Å². The van der Waals surface area contributed by atoms with E-state index in [0.717, 1.165) is 12.1 Å². The normalized spacial score (nSPS) is 12.7. The standard InChI is InChI=1S/C13H14BrF3N2O2/c1-3-18-11(20)7(2)19-12(21)8-4-5-10(14)9(6-8)13(15,16)17/h4-7H,3H2,1-2H3,(H,18,20)(H,19,21). The van der Waals surface area contributed by atoms with Crippen molar-refractivity contribution in [2.24, 2.45) is 0 Å². The fourth-order valence-electron chi connectivity index (χ4n) is 1.56. The number of alkyl halides is 3. The number of amides is 2. The molecule has 21 heavy (non-hydrogen) atoms. The second-order valence-electron chi connectivity index (χ2n) is 4.28. The van der Waals surface area contributed by atoms with Crippen LogP contribution in [0.2, 0.25) is 0 Å². The molecule has 2 amide bonds. The molecule has 1 aromatic rings. The van der Waals surface area contributed by atoms with Crippen molar-refractivity contribution in [2.75, 3.05) is 6.54 Å². The Balaban J connectivity index is 2.91. The minimum absolute atomic E-state index is 0.150. The maximum Gasteiger partial charge on any atom is 0.417 e. The molecule has 8 heteroatoms. The molecule has 4 nitrogen and oxygen atoms in total. The average molecular weight is 367 g/mol. The first-order valence-electron chi connectivity index (χ1n) is 6.12. The number of benzene rings is 1. The molecule has 0 saturated carbocycles. The lowest BCUT2D eigenvalue weighted by molar-refractivity contribution is -0.138. The number of hydrogen-bond donors (Lipinski definition) is 2. The lowest BCUT2D eigenvalue weighted by atomic mass is 10.1. The van der Waals surface area contributed by atoms with Gasteiger partial charge in [0.05, 0.1) is 5.56 Å². The second kappa shape index (κ2) is 6.93. The Bertz CT molecular complexity index is 547. The van der Waals surface area contributed by atoms with Gasteiger partial charge >= 0.3 is 6.18 Å².